The molecule has 1 heterocycles. The molecule has 1 aromatic heterocycles. The summed E-state index contributed by atoms with van der Waals surface area (Å²) in [5.74, 6) is -0.259. The number of likely N-dealkylation sites (N-methyl/N-ethyl adjacent to an activating group) is 1. The van der Waals surface area contributed by atoms with Crippen LogP contribution >= 0.6 is 11.3 Å². The first-order chi connectivity index (χ1) is 8.06. The minimum atomic E-state index is -0.635. The third-order valence-corrected chi connectivity index (χ3v) is 3.40. The third-order valence-electron chi connectivity index (χ3n) is 2.45. The molecular formula is C11H17N3O2S. The van der Waals surface area contributed by atoms with E-state index in [0.29, 0.717) is 6.54 Å². The molecule has 0 spiro atoms. The Labute approximate surface area is 105 Å². The van der Waals surface area contributed by atoms with Gasteiger partial charge in [-0.05, 0) is 11.4 Å². The first-order valence-corrected chi connectivity index (χ1v) is 6.18. The lowest BCUT2D eigenvalue weighted by molar-refractivity contribution is -0.131. The van der Waals surface area contributed by atoms with Gasteiger partial charge in [-0.2, -0.15) is 0 Å². The predicted octanol–water partition coefficient (Wildman–Crippen LogP) is 0.342. The summed E-state index contributed by atoms with van der Waals surface area (Å²) in [6, 6.07) is 3.06. The lowest BCUT2D eigenvalue weighted by Gasteiger charge is -2.20. The third kappa shape index (κ3) is 3.83. The minimum Gasteiger partial charge on any atom is -0.359 e. The number of thiophene rings is 1. The Kier molecular flexibility index (Phi) is 5.11. The van der Waals surface area contributed by atoms with Crippen molar-refractivity contribution in [3.8, 4) is 0 Å². The van der Waals surface area contributed by atoms with Crippen LogP contribution in [0, 0.1) is 0 Å². The molecular weight excluding hydrogens is 238 g/mol. The maximum Gasteiger partial charge on any atom is 0.244 e. The summed E-state index contributed by atoms with van der Waals surface area (Å²) in [7, 11) is 3.22. The molecule has 5 nitrogen and oxygen atoms in total. The van der Waals surface area contributed by atoms with Crippen molar-refractivity contribution < 1.29 is 9.59 Å². The molecule has 1 unspecified atom stereocenters. The van der Waals surface area contributed by atoms with Crippen LogP contribution in [-0.4, -0.2) is 37.4 Å². The van der Waals surface area contributed by atoms with Crippen molar-refractivity contribution in [1.29, 1.82) is 0 Å². The Balaban J connectivity index is 2.49. The van der Waals surface area contributed by atoms with Crippen molar-refractivity contribution in [3.05, 3.63) is 22.4 Å². The zero-order chi connectivity index (χ0) is 12.8. The molecule has 0 radical (unpaired) electrons. The SMILES string of the molecule is CNC(=O)CCN(C)C(=O)C(N)c1cccs1. The Morgan fingerprint density at radius 2 is 2.29 bits per heavy atom. The van der Waals surface area contributed by atoms with Crippen molar-refractivity contribution in [2.45, 2.75) is 12.5 Å². The van der Waals surface area contributed by atoms with E-state index in [1.54, 1.807) is 14.1 Å². The van der Waals surface area contributed by atoms with Crippen molar-refractivity contribution >= 4 is 23.2 Å². The fourth-order valence-electron chi connectivity index (χ4n) is 1.33. The summed E-state index contributed by atoms with van der Waals surface area (Å²) in [5, 5.41) is 4.39. The highest BCUT2D eigenvalue weighted by atomic mass is 32.1. The molecule has 17 heavy (non-hydrogen) atoms. The van der Waals surface area contributed by atoms with Gasteiger partial charge in [0.2, 0.25) is 11.8 Å². The molecule has 94 valence electrons. The van der Waals surface area contributed by atoms with E-state index >= 15 is 0 Å². The minimum absolute atomic E-state index is 0.0886. The molecule has 2 amide bonds. The molecule has 0 fully saturated rings. The van der Waals surface area contributed by atoms with Crippen LogP contribution in [0.3, 0.4) is 0 Å². The van der Waals surface area contributed by atoms with E-state index in [-0.39, 0.29) is 18.2 Å². The summed E-state index contributed by atoms with van der Waals surface area (Å²) < 4.78 is 0. The highest BCUT2D eigenvalue weighted by molar-refractivity contribution is 7.10. The van der Waals surface area contributed by atoms with Gasteiger partial charge in [0, 0.05) is 31.9 Å². The van der Waals surface area contributed by atoms with Gasteiger partial charge in [-0.15, -0.1) is 11.3 Å². The van der Waals surface area contributed by atoms with Crippen LogP contribution in [0.25, 0.3) is 0 Å². The summed E-state index contributed by atoms with van der Waals surface area (Å²) >= 11 is 1.45. The number of nitrogens with two attached hydrogens (primary N) is 1. The summed E-state index contributed by atoms with van der Waals surface area (Å²) in [6.07, 6.45) is 0.288. The average Bonchev–Trinajstić information content (AvgIpc) is 2.87. The number of carbonyl (C=O) groups excluding carboxylic acids is 2. The van der Waals surface area contributed by atoms with E-state index in [4.69, 9.17) is 5.73 Å². The quantitative estimate of drug-likeness (QED) is 0.797. The van der Waals surface area contributed by atoms with Gasteiger partial charge >= 0.3 is 0 Å². The molecule has 0 saturated carbocycles. The highest BCUT2D eigenvalue weighted by Crippen LogP contribution is 2.18. The molecule has 1 atom stereocenters. The number of nitrogens with zero attached hydrogens (tertiary/aromatic N) is 1. The Morgan fingerprint density at radius 3 is 2.82 bits per heavy atom. The van der Waals surface area contributed by atoms with Crippen molar-refractivity contribution in [2.75, 3.05) is 20.6 Å². The molecule has 6 heteroatoms. The topological polar surface area (TPSA) is 75.4 Å². The molecule has 1 rings (SSSR count). The highest BCUT2D eigenvalue weighted by Gasteiger charge is 2.20. The van der Waals surface area contributed by atoms with Crippen LogP contribution in [0.1, 0.15) is 17.3 Å². The van der Waals surface area contributed by atoms with Crippen LogP contribution in [0.4, 0.5) is 0 Å². The second-order valence-electron chi connectivity index (χ2n) is 3.68. The van der Waals surface area contributed by atoms with Gasteiger partial charge in [0.1, 0.15) is 6.04 Å². The smallest absolute Gasteiger partial charge is 0.244 e. The van der Waals surface area contributed by atoms with Gasteiger partial charge in [-0.25, -0.2) is 0 Å². The zero-order valence-electron chi connectivity index (χ0n) is 9.97. The van der Waals surface area contributed by atoms with Crippen LogP contribution in [0.2, 0.25) is 0 Å². The maximum atomic E-state index is 11.9. The van der Waals surface area contributed by atoms with Gasteiger partial charge in [0.15, 0.2) is 0 Å². The first kappa shape index (κ1) is 13.7. The Hall–Kier alpha value is -1.40. The maximum absolute atomic E-state index is 11.9. The van der Waals surface area contributed by atoms with Gasteiger partial charge < -0.3 is 16.0 Å². The molecule has 0 aliphatic heterocycles. The number of carbonyl (C=O) groups is 2. The average molecular weight is 255 g/mol. The number of rotatable bonds is 5. The predicted molar refractivity (Wildman–Crippen MR) is 67.6 cm³/mol. The summed E-state index contributed by atoms with van der Waals surface area (Å²) in [4.78, 5) is 25.3. The zero-order valence-corrected chi connectivity index (χ0v) is 10.8. The molecule has 0 bridgehead atoms. The van der Waals surface area contributed by atoms with Gasteiger partial charge in [0.05, 0.1) is 0 Å². The van der Waals surface area contributed by atoms with E-state index in [0.717, 1.165) is 4.88 Å². The lowest BCUT2D eigenvalue weighted by Crippen LogP contribution is -2.37. The largest absolute Gasteiger partial charge is 0.359 e. The van der Waals surface area contributed by atoms with E-state index in [1.165, 1.54) is 16.2 Å². The van der Waals surface area contributed by atoms with E-state index in [1.807, 2.05) is 17.5 Å². The van der Waals surface area contributed by atoms with E-state index < -0.39 is 6.04 Å². The molecule has 0 aliphatic carbocycles. The van der Waals surface area contributed by atoms with Crippen LogP contribution in [0.15, 0.2) is 17.5 Å². The Bertz CT molecular complexity index is 378. The second-order valence-corrected chi connectivity index (χ2v) is 4.66. The second kappa shape index (κ2) is 6.36. The number of nitrogens with one attached hydrogen (secondary N) is 1. The summed E-state index contributed by atoms with van der Waals surface area (Å²) in [6.45, 7) is 0.373. The standard InChI is InChI=1S/C11H17N3O2S/c1-13-9(15)5-6-14(2)11(16)10(12)8-4-3-7-17-8/h3-4,7,10H,5-6,12H2,1-2H3,(H,13,15). The number of hydrogen-bond donors (Lipinski definition) is 2. The van der Waals surface area contributed by atoms with E-state index in [9.17, 15) is 9.59 Å². The van der Waals surface area contributed by atoms with Crippen molar-refractivity contribution in [3.63, 3.8) is 0 Å². The molecule has 1 aromatic rings. The fraction of sp³-hybridized carbons (Fsp3) is 0.455. The normalized spacial score (nSPS) is 11.9. The van der Waals surface area contributed by atoms with Gasteiger partial charge in [-0.3, -0.25) is 9.59 Å². The molecule has 0 aliphatic rings. The van der Waals surface area contributed by atoms with Gasteiger partial charge in [-0.1, -0.05) is 6.07 Å². The Morgan fingerprint density at radius 1 is 1.59 bits per heavy atom. The van der Waals surface area contributed by atoms with E-state index in [2.05, 4.69) is 5.32 Å². The van der Waals surface area contributed by atoms with Crippen LogP contribution < -0.4 is 11.1 Å². The molecule has 0 saturated heterocycles. The van der Waals surface area contributed by atoms with Crippen molar-refractivity contribution in [2.24, 2.45) is 5.73 Å². The van der Waals surface area contributed by atoms with Crippen molar-refractivity contribution in [1.82, 2.24) is 10.2 Å². The number of hydrogen-bond acceptors (Lipinski definition) is 4. The number of amides is 2. The van der Waals surface area contributed by atoms with Crippen LogP contribution in [0.5, 0.6) is 0 Å². The van der Waals surface area contributed by atoms with Gasteiger partial charge in [0.25, 0.3) is 0 Å². The first-order valence-electron chi connectivity index (χ1n) is 5.30. The lowest BCUT2D eigenvalue weighted by atomic mass is 10.2. The molecule has 0 aromatic carbocycles. The summed E-state index contributed by atoms with van der Waals surface area (Å²) in [5.41, 5.74) is 5.84. The molecule has 3 N–H and O–H groups in total. The fourth-order valence-corrected chi connectivity index (χ4v) is 2.05. The monoisotopic (exact) mass is 255 g/mol. The van der Waals surface area contributed by atoms with Crippen LogP contribution in [-0.2, 0) is 9.59 Å².